The topological polar surface area (TPSA) is 122 Å². The van der Waals surface area contributed by atoms with E-state index in [1.807, 2.05) is 6.92 Å². The van der Waals surface area contributed by atoms with Gasteiger partial charge in [-0.25, -0.2) is 13.8 Å². The molecule has 1 aromatic carbocycles. The Morgan fingerprint density at radius 2 is 1.91 bits per heavy atom. The van der Waals surface area contributed by atoms with Crippen LogP contribution in [0.4, 0.5) is 32.0 Å². The van der Waals surface area contributed by atoms with Crippen molar-refractivity contribution in [1.82, 2.24) is 15.2 Å². The van der Waals surface area contributed by atoms with Crippen LogP contribution in [0.25, 0.3) is 0 Å². The van der Waals surface area contributed by atoms with Crippen molar-refractivity contribution < 1.29 is 27.5 Å². The molecule has 1 aliphatic rings. The fourth-order valence-corrected chi connectivity index (χ4v) is 3.88. The summed E-state index contributed by atoms with van der Waals surface area (Å²) >= 11 is 0. The van der Waals surface area contributed by atoms with Crippen molar-refractivity contribution in [2.45, 2.75) is 26.2 Å². The predicted octanol–water partition coefficient (Wildman–Crippen LogP) is 3.83. The van der Waals surface area contributed by atoms with E-state index in [2.05, 4.69) is 30.7 Å². The van der Waals surface area contributed by atoms with Gasteiger partial charge < -0.3 is 24.7 Å². The van der Waals surface area contributed by atoms with Crippen molar-refractivity contribution in [3.8, 4) is 0 Å². The van der Waals surface area contributed by atoms with Crippen molar-refractivity contribution in [1.29, 1.82) is 0 Å². The average molecular weight is 486 g/mol. The number of esters is 1. The SMILES string of the molecule is COC(=O)CC1CCN(c2ncc(NC(=O)c3nnc(Nc4ccc(F)c(F)c4)o3)cc2C)CC1. The summed E-state index contributed by atoms with van der Waals surface area (Å²) in [5.41, 5.74) is 1.51. The number of rotatable bonds is 7. The molecule has 10 nitrogen and oxygen atoms in total. The van der Waals surface area contributed by atoms with Gasteiger partial charge in [0.1, 0.15) is 5.82 Å². The lowest BCUT2D eigenvalue weighted by Gasteiger charge is -2.33. The zero-order chi connectivity index (χ0) is 24.9. The molecule has 3 aromatic rings. The number of carbonyl (C=O) groups excluding carboxylic acids is 2. The number of hydrogen-bond acceptors (Lipinski definition) is 9. The Morgan fingerprint density at radius 3 is 2.60 bits per heavy atom. The molecule has 0 spiro atoms. The highest BCUT2D eigenvalue weighted by Crippen LogP contribution is 2.27. The number of aryl methyl sites for hydroxylation is 1. The minimum absolute atomic E-state index is 0.151. The minimum Gasteiger partial charge on any atom is -0.469 e. The van der Waals surface area contributed by atoms with E-state index in [4.69, 9.17) is 9.15 Å². The molecule has 4 rings (SSSR count). The summed E-state index contributed by atoms with van der Waals surface area (Å²) in [6, 6.07) is 4.81. The summed E-state index contributed by atoms with van der Waals surface area (Å²) in [6.07, 6.45) is 3.70. The first-order valence-corrected chi connectivity index (χ1v) is 11.0. The number of piperidine rings is 1. The largest absolute Gasteiger partial charge is 0.469 e. The van der Waals surface area contributed by atoms with E-state index >= 15 is 0 Å². The Hall–Kier alpha value is -4.09. The molecule has 0 radical (unpaired) electrons. The Labute approximate surface area is 199 Å². The third kappa shape index (κ3) is 5.89. The molecule has 3 heterocycles. The number of hydrogen-bond donors (Lipinski definition) is 2. The van der Waals surface area contributed by atoms with Crippen LogP contribution >= 0.6 is 0 Å². The molecule has 2 N–H and O–H groups in total. The van der Waals surface area contributed by atoms with Gasteiger partial charge in [0, 0.05) is 31.3 Å². The van der Waals surface area contributed by atoms with Crippen molar-refractivity contribution in [3.63, 3.8) is 0 Å². The van der Waals surface area contributed by atoms with E-state index in [-0.39, 0.29) is 23.6 Å². The van der Waals surface area contributed by atoms with Crippen molar-refractivity contribution in [3.05, 3.63) is 53.6 Å². The molecule has 1 fully saturated rings. The summed E-state index contributed by atoms with van der Waals surface area (Å²) in [7, 11) is 1.40. The maximum absolute atomic E-state index is 13.3. The standard InChI is InChI=1S/C23H24F2N6O4/c1-13-9-16(12-26-20(13)31-7-5-14(6-8-31)10-19(32)34-2)27-21(33)22-29-30-23(35-22)28-15-3-4-17(24)18(25)11-15/h3-4,9,11-12,14H,5-8,10H2,1-2H3,(H,27,33)(H,28,30). The molecule has 0 saturated carbocycles. The van der Waals surface area contributed by atoms with E-state index in [9.17, 15) is 18.4 Å². The van der Waals surface area contributed by atoms with Gasteiger partial charge in [0.15, 0.2) is 11.6 Å². The summed E-state index contributed by atoms with van der Waals surface area (Å²) in [5.74, 6) is -2.06. The Balaban J connectivity index is 1.34. The highest BCUT2D eigenvalue weighted by molar-refractivity contribution is 6.01. The quantitative estimate of drug-likeness (QED) is 0.480. The van der Waals surface area contributed by atoms with Crippen molar-refractivity contribution in [2.75, 3.05) is 35.7 Å². The first kappa shape index (κ1) is 24.0. The molecule has 0 bridgehead atoms. The second-order valence-electron chi connectivity index (χ2n) is 8.20. The zero-order valence-electron chi connectivity index (χ0n) is 19.2. The third-order valence-electron chi connectivity index (χ3n) is 5.70. The Morgan fingerprint density at radius 1 is 1.14 bits per heavy atom. The van der Waals surface area contributed by atoms with Crippen molar-refractivity contribution >= 4 is 35.1 Å². The number of anilines is 4. The first-order valence-electron chi connectivity index (χ1n) is 11.0. The number of nitrogens with one attached hydrogen (secondary N) is 2. The fourth-order valence-electron chi connectivity index (χ4n) is 3.88. The Kier molecular flexibility index (Phi) is 7.18. The van der Waals surface area contributed by atoms with Crippen LogP contribution in [0.15, 0.2) is 34.9 Å². The lowest BCUT2D eigenvalue weighted by Crippen LogP contribution is -2.35. The van der Waals surface area contributed by atoms with Crippen LogP contribution in [0.3, 0.4) is 0 Å². The third-order valence-corrected chi connectivity index (χ3v) is 5.70. The number of nitrogens with zero attached hydrogens (tertiary/aromatic N) is 4. The molecule has 0 unspecified atom stereocenters. The van der Waals surface area contributed by atoms with Gasteiger partial charge in [-0.15, -0.1) is 5.10 Å². The maximum atomic E-state index is 13.3. The molecule has 1 saturated heterocycles. The minimum atomic E-state index is -1.04. The van der Waals surface area contributed by atoms with Crippen LogP contribution in [0.2, 0.25) is 0 Å². The summed E-state index contributed by atoms with van der Waals surface area (Å²) in [5, 5.41) is 12.6. The van der Waals surface area contributed by atoms with Crippen LogP contribution in [-0.2, 0) is 9.53 Å². The molecule has 184 valence electrons. The number of methoxy groups -OCH3 is 1. The first-order chi connectivity index (χ1) is 16.8. The van der Waals surface area contributed by atoms with Gasteiger partial charge in [-0.2, -0.15) is 0 Å². The van der Waals surface area contributed by atoms with E-state index in [0.29, 0.717) is 18.0 Å². The number of benzene rings is 1. The normalized spacial score (nSPS) is 14.0. The van der Waals surface area contributed by atoms with E-state index < -0.39 is 17.5 Å². The van der Waals surface area contributed by atoms with Gasteiger partial charge >= 0.3 is 23.8 Å². The number of ether oxygens (including phenoxy) is 1. The Bertz CT molecular complexity index is 1230. The smallest absolute Gasteiger partial charge is 0.320 e. The molecular weight excluding hydrogens is 462 g/mol. The lowest BCUT2D eigenvalue weighted by atomic mass is 9.93. The van der Waals surface area contributed by atoms with Crippen LogP contribution in [0.1, 0.15) is 35.5 Å². The van der Waals surface area contributed by atoms with Crippen LogP contribution in [-0.4, -0.2) is 47.3 Å². The number of carbonyl (C=O) groups is 2. The van der Waals surface area contributed by atoms with Crippen LogP contribution < -0.4 is 15.5 Å². The molecule has 35 heavy (non-hydrogen) atoms. The van der Waals surface area contributed by atoms with Crippen LogP contribution in [0, 0.1) is 24.5 Å². The second-order valence-corrected chi connectivity index (χ2v) is 8.20. The molecule has 12 heteroatoms. The summed E-state index contributed by atoms with van der Waals surface area (Å²) in [4.78, 5) is 30.7. The highest BCUT2D eigenvalue weighted by atomic mass is 19.2. The maximum Gasteiger partial charge on any atom is 0.320 e. The van der Waals surface area contributed by atoms with E-state index in [1.165, 1.54) is 19.4 Å². The van der Waals surface area contributed by atoms with Crippen molar-refractivity contribution in [2.24, 2.45) is 5.92 Å². The number of amides is 1. The number of aromatic nitrogens is 3. The zero-order valence-corrected chi connectivity index (χ0v) is 19.2. The molecule has 1 amide bonds. The van der Waals surface area contributed by atoms with E-state index in [1.54, 1.807) is 6.07 Å². The lowest BCUT2D eigenvalue weighted by molar-refractivity contribution is -0.141. The number of pyridine rings is 1. The molecule has 0 atom stereocenters. The van der Waals surface area contributed by atoms with Crippen LogP contribution in [0.5, 0.6) is 0 Å². The van der Waals surface area contributed by atoms with Gasteiger partial charge in [-0.05, 0) is 49.4 Å². The molecular formula is C23H24F2N6O4. The van der Waals surface area contributed by atoms with Gasteiger partial charge in [-0.3, -0.25) is 9.59 Å². The fraction of sp³-hybridized carbons (Fsp3) is 0.348. The molecule has 2 aromatic heterocycles. The highest BCUT2D eigenvalue weighted by Gasteiger charge is 2.24. The monoisotopic (exact) mass is 486 g/mol. The van der Waals surface area contributed by atoms with Gasteiger partial charge in [0.2, 0.25) is 0 Å². The van der Waals surface area contributed by atoms with E-state index in [0.717, 1.165) is 49.4 Å². The predicted molar refractivity (Wildman–Crippen MR) is 122 cm³/mol. The molecule has 1 aliphatic heterocycles. The molecule has 0 aliphatic carbocycles. The second kappa shape index (κ2) is 10.5. The summed E-state index contributed by atoms with van der Waals surface area (Å²) in [6.45, 7) is 3.45. The summed E-state index contributed by atoms with van der Waals surface area (Å²) < 4.78 is 36.4. The van der Waals surface area contributed by atoms with Gasteiger partial charge in [0.25, 0.3) is 0 Å². The number of halogens is 2. The van der Waals surface area contributed by atoms with Gasteiger partial charge in [-0.1, -0.05) is 5.10 Å². The average Bonchev–Trinajstić information content (AvgIpc) is 3.31. The van der Waals surface area contributed by atoms with Gasteiger partial charge in [0.05, 0.1) is 19.0 Å².